The zero-order chi connectivity index (χ0) is 18.7. The number of likely N-dealkylation sites (tertiary alicyclic amines) is 1. The lowest BCUT2D eigenvalue weighted by Crippen LogP contribution is -2.47. The summed E-state index contributed by atoms with van der Waals surface area (Å²) in [4.78, 5) is 17.0. The standard InChI is InChI=1S/C22H33NO2S/c1-16-15-23(3)13-12-20(16)25-21(24)22(2,17-8-5-6-9-17)18-10-7-11-19(14-18)26-4/h7,10-11,14,16-17,20H,5-6,8-9,12-13,15H2,1-4H3. The van der Waals surface area contributed by atoms with Gasteiger partial charge in [0.05, 0.1) is 5.41 Å². The summed E-state index contributed by atoms with van der Waals surface area (Å²) < 4.78 is 6.19. The van der Waals surface area contributed by atoms with Crippen LogP contribution in [-0.2, 0) is 14.9 Å². The Labute approximate surface area is 162 Å². The van der Waals surface area contributed by atoms with Gasteiger partial charge in [0.15, 0.2) is 0 Å². The van der Waals surface area contributed by atoms with Gasteiger partial charge in [-0.3, -0.25) is 4.79 Å². The number of hydrogen-bond donors (Lipinski definition) is 0. The summed E-state index contributed by atoms with van der Waals surface area (Å²) in [5.41, 5.74) is 0.590. The molecule has 2 aliphatic rings. The van der Waals surface area contributed by atoms with E-state index in [-0.39, 0.29) is 12.1 Å². The Balaban J connectivity index is 1.86. The fraction of sp³-hybridized carbons (Fsp3) is 0.682. The minimum absolute atomic E-state index is 0.0101. The Morgan fingerprint density at radius 1 is 1.27 bits per heavy atom. The maximum Gasteiger partial charge on any atom is 0.316 e. The summed E-state index contributed by atoms with van der Waals surface area (Å²) in [7, 11) is 2.14. The third-order valence-electron chi connectivity index (χ3n) is 6.55. The lowest BCUT2D eigenvalue weighted by atomic mass is 9.70. The molecule has 3 nitrogen and oxygen atoms in total. The minimum Gasteiger partial charge on any atom is -0.461 e. The van der Waals surface area contributed by atoms with Crippen molar-refractivity contribution in [3.05, 3.63) is 29.8 Å². The second-order valence-corrected chi connectivity index (χ2v) is 9.27. The number of carbonyl (C=O) groups excluding carboxylic acids is 1. The maximum absolute atomic E-state index is 13.5. The number of hydrogen-bond acceptors (Lipinski definition) is 4. The van der Waals surface area contributed by atoms with Crippen molar-refractivity contribution in [3.63, 3.8) is 0 Å². The summed E-state index contributed by atoms with van der Waals surface area (Å²) in [6, 6.07) is 8.52. The Morgan fingerprint density at radius 2 is 2.00 bits per heavy atom. The van der Waals surface area contributed by atoms with Gasteiger partial charge in [-0.05, 0) is 63.1 Å². The van der Waals surface area contributed by atoms with Crippen LogP contribution in [-0.4, -0.2) is 43.4 Å². The van der Waals surface area contributed by atoms with Crippen LogP contribution >= 0.6 is 11.8 Å². The molecule has 144 valence electrons. The molecule has 1 saturated carbocycles. The van der Waals surface area contributed by atoms with Crippen LogP contribution in [0.2, 0.25) is 0 Å². The van der Waals surface area contributed by atoms with E-state index in [0.717, 1.165) is 37.9 Å². The molecular weight excluding hydrogens is 342 g/mol. The molecule has 0 radical (unpaired) electrons. The number of carbonyl (C=O) groups is 1. The molecule has 1 saturated heterocycles. The van der Waals surface area contributed by atoms with Gasteiger partial charge in [-0.25, -0.2) is 0 Å². The molecule has 0 bridgehead atoms. The van der Waals surface area contributed by atoms with Gasteiger partial charge in [-0.2, -0.15) is 0 Å². The fourth-order valence-electron chi connectivity index (χ4n) is 4.74. The van der Waals surface area contributed by atoms with E-state index in [1.807, 2.05) is 0 Å². The Bertz CT molecular complexity index is 628. The molecule has 0 spiro atoms. The highest BCUT2D eigenvalue weighted by Gasteiger charge is 2.46. The molecular formula is C22H33NO2S. The van der Waals surface area contributed by atoms with Gasteiger partial charge in [-0.1, -0.05) is 31.9 Å². The first-order valence-electron chi connectivity index (χ1n) is 9.99. The summed E-state index contributed by atoms with van der Waals surface area (Å²) in [6.07, 6.45) is 7.76. The Kier molecular flexibility index (Phi) is 6.34. The molecule has 3 unspecified atom stereocenters. The molecule has 3 rings (SSSR count). The van der Waals surface area contributed by atoms with Crippen molar-refractivity contribution in [2.75, 3.05) is 26.4 Å². The lowest BCUT2D eigenvalue weighted by molar-refractivity contribution is -0.163. The first-order valence-corrected chi connectivity index (χ1v) is 11.2. The zero-order valence-corrected chi connectivity index (χ0v) is 17.5. The average molecular weight is 376 g/mol. The van der Waals surface area contributed by atoms with Crippen molar-refractivity contribution in [3.8, 4) is 0 Å². The topological polar surface area (TPSA) is 29.5 Å². The van der Waals surface area contributed by atoms with Crippen LogP contribution in [0.3, 0.4) is 0 Å². The molecule has 1 aliphatic carbocycles. The van der Waals surface area contributed by atoms with E-state index in [1.54, 1.807) is 11.8 Å². The van der Waals surface area contributed by atoms with Gasteiger partial charge >= 0.3 is 5.97 Å². The molecule has 4 heteroatoms. The first kappa shape index (κ1) is 19.8. The predicted octanol–water partition coefficient (Wildman–Crippen LogP) is 4.74. The van der Waals surface area contributed by atoms with Crippen LogP contribution in [0.15, 0.2) is 29.2 Å². The number of benzene rings is 1. The third kappa shape index (κ3) is 3.96. The Hall–Kier alpha value is -1.00. The summed E-state index contributed by atoms with van der Waals surface area (Å²) in [6.45, 7) is 6.34. The highest BCUT2D eigenvalue weighted by Crippen LogP contribution is 2.44. The van der Waals surface area contributed by atoms with E-state index in [0.29, 0.717) is 11.8 Å². The highest BCUT2D eigenvalue weighted by atomic mass is 32.2. The van der Waals surface area contributed by atoms with Crippen molar-refractivity contribution in [2.45, 2.75) is 62.4 Å². The average Bonchev–Trinajstić information content (AvgIpc) is 3.18. The number of thioether (sulfide) groups is 1. The van der Waals surface area contributed by atoms with Crippen molar-refractivity contribution in [1.82, 2.24) is 4.90 Å². The molecule has 0 aromatic heterocycles. The molecule has 1 aromatic rings. The third-order valence-corrected chi connectivity index (χ3v) is 7.28. The normalized spacial score (nSPS) is 27.2. The SMILES string of the molecule is CSc1cccc(C(C)(C(=O)OC2CCN(C)CC2C)C2CCCC2)c1. The number of rotatable bonds is 5. The van der Waals surface area contributed by atoms with E-state index in [4.69, 9.17) is 4.74 Å². The molecule has 0 N–H and O–H groups in total. The largest absolute Gasteiger partial charge is 0.461 e. The molecule has 1 heterocycles. The van der Waals surface area contributed by atoms with Crippen molar-refractivity contribution in [2.24, 2.45) is 11.8 Å². The van der Waals surface area contributed by atoms with Crippen molar-refractivity contribution < 1.29 is 9.53 Å². The smallest absolute Gasteiger partial charge is 0.316 e. The van der Waals surface area contributed by atoms with Crippen molar-refractivity contribution >= 4 is 17.7 Å². The number of ether oxygens (including phenoxy) is 1. The van der Waals surface area contributed by atoms with Crippen LogP contribution in [0, 0.1) is 11.8 Å². The quantitative estimate of drug-likeness (QED) is 0.549. The lowest BCUT2D eigenvalue weighted by Gasteiger charge is -2.39. The van der Waals surface area contributed by atoms with Crippen LogP contribution in [0.1, 0.15) is 51.5 Å². The van der Waals surface area contributed by atoms with Gasteiger partial charge in [0.25, 0.3) is 0 Å². The van der Waals surface area contributed by atoms with Crippen LogP contribution in [0.4, 0.5) is 0 Å². The monoisotopic (exact) mass is 375 g/mol. The van der Waals surface area contributed by atoms with Crippen molar-refractivity contribution in [1.29, 1.82) is 0 Å². The van der Waals surface area contributed by atoms with Gasteiger partial charge in [0.2, 0.25) is 0 Å². The summed E-state index contributed by atoms with van der Waals surface area (Å²) in [5, 5.41) is 0. The van der Waals surface area contributed by atoms with Gasteiger partial charge in [0, 0.05) is 23.9 Å². The Morgan fingerprint density at radius 3 is 2.65 bits per heavy atom. The molecule has 2 fully saturated rings. The number of nitrogens with zero attached hydrogens (tertiary/aromatic N) is 1. The van der Waals surface area contributed by atoms with Crippen LogP contribution < -0.4 is 0 Å². The second kappa shape index (κ2) is 8.35. The molecule has 26 heavy (non-hydrogen) atoms. The molecule has 3 atom stereocenters. The second-order valence-electron chi connectivity index (χ2n) is 8.39. The summed E-state index contributed by atoms with van der Waals surface area (Å²) >= 11 is 1.73. The van der Waals surface area contributed by atoms with Crippen LogP contribution in [0.5, 0.6) is 0 Å². The maximum atomic E-state index is 13.5. The van der Waals surface area contributed by atoms with Gasteiger partial charge < -0.3 is 9.64 Å². The fourth-order valence-corrected chi connectivity index (χ4v) is 5.20. The van der Waals surface area contributed by atoms with E-state index < -0.39 is 5.41 Å². The van der Waals surface area contributed by atoms with E-state index in [1.165, 1.54) is 17.7 Å². The zero-order valence-electron chi connectivity index (χ0n) is 16.7. The molecule has 0 amide bonds. The first-order chi connectivity index (χ1) is 12.4. The van der Waals surface area contributed by atoms with Gasteiger partial charge in [0.1, 0.15) is 6.10 Å². The highest BCUT2D eigenvalue weighted by molar-refractivity contribution is 7.98. The summed E-state index contributed by atoms with van der Waals surface area (Å²) in [5.74, 6) is 0.765. The molecule has 1 aliphatic heterocycles. The minimum atomic E-state index is -0.536. The number of esters is 1. The van der Waals surface area contributed by atoms with E-state index >= 15 is 0 Å². The van der Waals surface area contributed by atoms with E-state index in [9.17, 15) is 4.79 Å². The molecule has 1 aromatic carbocycles. The van der Waals surface area contributed by atoms with E-state index in [2.05, 4.69) is 56.3 Å². The predicted molar refractivity (Wildman–Crippen MR) is 109 cm³/mol. The number of piperidine rings is 1. The van der Waals surface area contributed by atoms with Gasteiger partial charge in [-0.15, -0.1) is 11.8 Å². The van der Waals surface area contributed by atoms with Crippen LogP contribution in [0.25, 0.3) is 0 Å².